The van der Waals surface area contributed by atoms with E-state index in [4.69, 9.17) is 9.47 Å². The number of hydrogen-bond acceptors (Lipinski definition) is 4. The van der Waals surface area contributed by atoms with Gasteiger partial charge in [-0.05, 0) is 62.9 Å². The highest BCUT2D eigenvalue weighted by Gasteiger charge is 2.11. The summed E-state index contributed by atoms with van der Waals surface area (Å²) in [7, 11) is 0. The van der Waals surface area contributed by atoms with Crippen molar-refractivity contribution in [1.29, 1.82) is 0 Å². The molecule has 0 aliphatic heterocycles. The summed E-state index contributed by atoms with van der Waals surface area (Å²) in [6.45, 7) is 9.71. The first-order valence-corrected chi connectivity index (χ1v) is 8.99. The standard InChI is InChI=1S/C22H27NO4/c1-14-6-7-16(3)19(12-14)26-9-8-21(25)27-13-20(24)23-22-17(4)10-15(2)11-18(22)5/h6-7,10-12H,8-9,13H2,1-5H3,(H,23,24). The third kappa shape index (κ3) is 6.13. The maximum atomic E-state index is 12.1. The van der Waals surface area contributed by atoms with Gasteiger partial charge in [-0.2, -0.15) is 0 Å². The third-order valence-corrected chi connectivity index (χ3v) is 4.21. The zero-order chi connectivity index (χ0) is 20.0. The largest absolute Gasteiger partial charge is 0.493 e. The predicted octanol–water partition coefficient (Wildman–Crippen LogP) is 4.18. The van der Waals surface area contributed by atoms with Crippen molar-refractivity contribution >= 4 is 17.6 Å². The van der Waals surface area contributed by atoms with Crippen LogP contribution in [0.1, 0.15) is 34.2 Å². The molecule has 0 saturated heterocycles. The Labute approximate surface area is 160 Å². The predicted molar refractivity (Wildman–Crippen MR) is 106 cm³/mol. The number of ether oxygens (including phenoxy) is 2. The minimum absolute atomic E-state index is 0.0866. The Morgan fingerprint density at radius 1 is 0.889 bits per heavy atom. The second kappa shape index (κ2) is 9.21. The summed E-state index contributed by atoms with van der Waals surface area (Å²) in [5, 5.41) is 2.81. The Balaban J connectivity index is 1.77. The Morgan fingerprint density at radius 3 is 2.22 bits per heavy atom. The third-order valence-electron chi connectivity index (χ3n) is 4.21. The minimum Gasteiger partial charge on any atom is -0.493 e. The molecule has 5 nitrogen and oxygen atoms in total. The molecule has 144 valence electrons. The van der Waals surface area contributed by atoms with E-state index in [1.807, 2.05) is 65.0 Å². The molecule has 0 saturated carbocycles. The number of carbonyl (C=O) groups excluding carboxylic acids is 2. The molecule has 0 bridgehead atoms. The normalized spacial score (nSPS) is 10.4. The van der Waals surface area contributed by atoms with Crippen molar-refractivity contribution in [2.75, 3.05) is 18.5 Å². The molecule has 0 aromatic heterocycles. The van der Waals surface area contributed by atoms with Gasteiger partial charge in [0.15, 0.2) is 6.61 Å². The lowest BCUT2D eigenvalue weighted by Gasteiger charge is -2.13. The van der Waals surface area contributed by atoms with Crippen molar-refractivity contribution in [3.63, 3.8) is 0 Å². The number of esters is 1. The average Bonchev–Trinajstić information content (AvgIpc) is 2.59. The van der Waals surface area contributed by atoms with E-state index in [0.717, 1.165) is 39.3 Å². The molecule has 2 aromatic rings. The van der Waals surface area contributed by atoms with Gasteiger partial charge in [-0.25, -0.2) is 0 Å². The fourth-order valence-electron chi connectivity index (χ4n) is 2.88. The lowest BCUT2D eigenvalue weighted by Crippen LogP contribution is -2.22. The Hall–Kier alpha value is -2.82. The molecule has 2 rings (SSSR count). The molecule has 1 amide bonds. The summed E-state index contributed by atoms with van der Waals surface area (Å²) in [6.07, 6.45) is 0.0866. The summed E-state index contributed by atoms with van der Waals surface area (Å²) < 4.78 is 10.7. The monoisotopic (exact) mass is 369 g/mol. The van der Waals surface area contributed by atoms with E-state index >= 15 is 0 Å². The molecule has 0 unspecified atom stereocenters. The molecule has 0 atom stereocenters. The number of carbonyl (C=O) groups is 2. The number of aryl methyl sites for hydroxylation is 5. The highest BCUT2D eigenvalue weighted by molar-refractivity contribution is 5.94. The summed E-state index contributed by atoms with van der Waals surface area (Å²) in [5.74, 6) is -0.0625. The first-order chi connectivity index (χ1) is 12.8. The van der Waals surface area contributed by atoms with Gasteiger partial charge in [0.25, 0.3) is 5.91 Å². The summed E-state index contributed by atoms with van der Waals surface area (Å²) in [5.41, 5.74) is 5.97. The van der Waals surface area contributed by atoms with E-state index in [2.05, 4.69) is 5.32 Å². The van der Waals surface area contributed by atoms with Crippen molar-refractivity contribution in [1.82, 2.24) is 0 Å². The maximum Gasteiger partial charge on any atom is 0.309 e. The Kier molecular flexibility index (Phi) is 6.99. The second-order valence-corrected chi connectivity index (χ2v) is 6.85. The van der Waals surface area contributed by atoms with E-state index < -0.39 is 5.97 Å². The number of benzene rings is 2. The summed E-state index contributed by atoms with van der Waals surface area (Å²) >= 11 is 0. The molecule has 0 aliphatic carbocycles. The van der Waals surface area contributed by atoms with E-state index in [1.54, 1.807) is 0 Å². The number of hydrogen-bond donors (Lipinski definition) is 1. The first kappa shape index (κ1) is 20.5. The lowest BCUT2D eigenvalue weighted by molar-refractivity contribution is -0.147. The van der Waals surface area contributed by atoms with Gasteiger partial charge in [0, 0.05) is 5.69 Å². The van der Waals surface area contributed by atoms with E-state index in [-0.39, 0.29) is 25.5 Å². The highest BCUT2D eigenvalue weighted by atomic mass is 16.5. The quantitative estimate of drug-likeness (QED) is 0.744. The fourth-order valence-corrected chi connectivity index (χ4v) is 2.88. The van der Waals surface area contributed by atoms with Gasteiger partial charge in [0.1, 0.15) is 5.75 Å². The van der Waals surface area contributed by atoms with Crippen LogP contribution in [0.25, 0.3) is 0 Å². The minimum atomic E-state index is -0.465. The molecule has 0 aliphatic rings. The number of rotatable bonds is 7. The Morgan fingerprint density at radius 2 is 1.56 bits per heavy atom. The van der Waals surface area contributed by atoms with Gasteiger partial charge in [0.05, 0.1) is 13.0 Å². The van der Waals surface area contributed by atoms with Crippen molar-refractivity contribution in [3.05, 3.63) is 58.1 Å². The van der Waals surface area contributed by atoms with Crippen LogP contribution in [0.5, 0.6) is 5.75 Å². The zero-order valence-corrected chi connectivity index (χ0v) is 16.6. The van der Waals surface area contributed by atoms with Crippen LogP contribution in [0.4, 0.5) is 5.69 Å². The average molecular weight is 369 g/mol. The molecule has 0 radical (unpaired) electrons. The molecule has 0 heterocycles. The van der Waals surface area contributed by atoms with Gasteiger partial charge in [0.2, 0.25) is 0 Å². The molecule has 0 spiro atoms. The van der Waals surface area contributed by atoms with Crippen LogP contribution in [0.15, 0.2) is 30.3 Å². The smallest absolute Gasteiger partial charge is 0.309 e. The molecule has 27 heavy (non-hydrogen) atoms. The number of nitrogens with one attached hydrogen (secondary N) is 1. The van der Waals surface area contributed by atoms with Crippen LogP contribution in [0.3, 0.4) is 0 Å². The Bertz CT molecular complexity index is 819. The molecular formula is C22H27NO4. The van der Waals surface area contributed by atoms with Crippen LogP contribution in [-0.4, -0.2) is 25.1 Å². The molecule has 2 aromatic carbocycles. The van der Waals surface area contributed by atoms with Gasteiger partial charge < -0.3 is 14.8 Å². The van der Waals surface area contributed by atoms with Crippen LogP contribution >= 0.6 is 0 Å². The van der Waals surface area contributed by atoms with Crippen molar-refractivity contribution in [3.8, 4) is 5.75 Å². The number of anilines is 1. The van der Waals surface area contributed by atoms with Gasteiger partial charge in [-0.1, -0.05) is 29.8 Å². The molecule has 0 fully saturated rings. The summed E-state index contributed by atoms with van der Waals surface area (Å²) in [6, 6.07) is 9.91. The van der Waals surface area contributed by atoms with Crippen molar-refractivity contribution in [2.24, 2.45) is 0 Å². The zero-order valence-electron chi connectivity index (χ0n) is 16.6. The van der Waals surface area contributed by atoms with Crippen LogP contribution < -0.4 is 10.1 Å². The maximum absolute atomic E-state index is 12.1. The number of amides is 1. The van der Waals surface area contributed by atoms with E-state index in [1.165, 1.54) is 0 Å². The van der Waals surface area contributed by atoms with Gasteiger partial charge >= 0.3 is 5.97 Å². The van der Waals surface area contributed by atoms with E-state index in [0.29, 0.717) is 0 Å². The fraction of sp³-hybridized carbons (Fsp3) is 0.364. The molecule has 1 N–H and O–H groups in total. The second-order valence-electron chi connectivity index (χ2n) is 6.85. The van der Waals surface area contributed by atoms with Crippen LogP contribution in [0, 0.1) is 34.6 Å². The van der Waals surface area contributed by atoms with Crippen molar-refractivity contribution < 1.29 is 19.1 Å². The summed E-state index contributed by atoms with van der Waals surface area (Å²) in [4.78, 5) is 23.9. The van der Waals surface area contributed by atoms with Gasteiger partial charge in [-0.15, -0.1) is 0 Å². The SMILES string of the molecule is Cc1cc(C)c(NC(=O)COC(=O)CCOc2cc(C)ccc2C)c(C)c1. The van der Waals surface area contributed by atoms with Crippen LogP contribution in [0.2, 0.25) is 0 Å². The highest BCUT2D eigenvalue weighted by Crippen LogP contribution is 2.22. The first-order valence-electron chi connectivity index (χ1n) is 8.99. The van der Waals surface area contributed by atoms with Gasteiger partial charge in [-0.3, -0.25) is 9.59 Å². The molecule has 5 heteroatoms. The van der Waals surface area contributed by atoms with Crippen molar-refractivity contribution in [2.45, 2.75) is 41.0 Å². The lowest BCUT2D eigenvalue weighted by atomic mass is 10.1. The topological polar surface area (TPSA) is 64.6 Å². The van der Waals surface area contributed by atoms with E-state index in [9.17, 15) is 9.59 Å². The van der Waals surface area contributed by atoms with Crippen LogP contribution in [-0.2, 0) is 14.3 Å². The molecular weight excluding hydrogens is 342 g/mol.